The van der Waals surface area contributed by atoms with Crippen molar-refractivity contribution < 1.29 is 14.3 Å². The standard InChI is InChI=1S/C20H15BrN2O3S/c1-2-10-26-16-9-8-15(21)11-14(16)12-17-19(25)23-20(27-17)22-18(24)13-6-4-3-5-7-13/h2-9,11-12H,1,10H2,(H,22,23,24,25)/b17-12-. The average Bonchev–Trinajstić information content (AvgIpc) is 3.00. The summed E-state index contributed by atoms with van der Waals surface area (Å²) in [6.45, 7) is 3.99. The third-order valence-corrected chi connectivity index (χ3v) is 4.89. The maximum absolute atomic E-state index is 12.3. The molecular formula is C20H15BrN2O3S. The minimum absolute atomic E-state index is 0.253. The summed E-state index contributed by atoms with van der Waals surface area (Å²) in [5.41, 5.74) is 1.20. The first-order valence-electron chi connectivity index (χ1n) is 7.99. The molecule has 2 aromatic rings. The molecule has 1 heterocycles. The molecule has 0 aromatic heterocycles. The summed E-state index contributed by atoms with van der Waals surface area (Å²) in [5.74, 6) is -0.0869. The third-order valence-electron chi connectivity index (χ3n) is 3.49. The van der Waals surface area contributed by atoms with Crippen LogP contribution in [0.15, 0.2) is 75.6 Å². The number of nitrogens with zero attached hydrogens (tertiary/aromatic N) is 1. The molecule has 0 aliphatic carbocycles. The van der Waals surface area contributed by atoms with E-state index < -0.39 is 5.91 Å². The maximum Gasteiger partial charge on any atom is 0.279 e. The van der Waals surface area contributed by atoms with Crippen LogP contribution in [0.2, 0.25) is 0 Å². The first kappa shape index (κ1) is 19.1. The molecule has 0 spiro atoms. The molecule has 5 nitrogen and oxygen atoms in total. The van der Waals surface area contributed by atoms with Crippen molar-refractivity contribution >= 4 is 50.7 Å². The van der Waals surface area contributed by atoms with Crippen LogP contribution in [-0.2, 0) is 4.79 Å². The van der Waals surface area contributed by atoms with Gasteiger partial charge in [-0.15, -0.1) is 0 Å². The second-order valence-corrected chi connectivity index (χ2v) is 7.38. The summed E-state index contributed by atoms with van der Waals surface area (Å²) in [7, 11) is 0. The van der Waals surface area contributed by atoms with Crippen molar-refractivity contribution in [1.29, 1.82) is 0 Å². The van der Waals surface area contributed by atoms with Crippen molar-refractivity contribution in [2.24, 2.45) is 4.99 Å². The average molecular weight is 443 g/mol. The largest absolute Gasteiger partial charge is 0.489 e. The molecule has 1 aliphatic rings. The zero-order chi connectivity index (χ0) is 19.2. The van der Waals surface area contributed by atoms with E-state index in [0.29, 0.717) is 22.8 Å². The van der Waals surface area contributed by atoms with Crippen LogP contribution in [0, 0.1) is 0 Å². The molecule has 3 rings (SSSR count). The number of aliphatic imine (C=N–C) groups is 1. The highest BCUT2D eigenvalue weighted by Gasteiger charge is 2.25. The molecule has 0 atom stereocenters. The molecule has 136 valence electrons. The van der Waals surface area contributed by atoms with E-state index in [9.17, 15) is 9.59 Å². The van der Waals surface area contributed by atoms with Gasteiger partial charge in [-0.2, -0.15) is 4.99 Å². The van der Waals surface area contributed by atoms with Gasteiger partial charge in [0.15, 0.2) is 5.17 Å². The highest BCUT2D eigenvalue weighted by atomic mass is 79.9. The minimum Gasteiger partial charge on any atom is -0.489 e. The Morgan fingerprint density at radius 2 is 2.04 bits per heavy atom. The molecule has 2 aromatic carbocycles. The Morgan fingerprint density at radius 3 is 2.78 bits per heavy atom. The van der Waals surface area contributed by atoms with Crippen molar-refractivity contribution in [3.05, 3.63) is 81.7 Å². The summed E-state index contributed by atoms with van der Waals surface area (Å²) in [6.07, 6.45) is 3.36. The fraction of sp³-hybridized carbons (Fsp3) is 0.0500. The SMILES string of the molecule is C=CCOc1ccc(Br)cc1/C=C1\SC(=NC(=O)c2ccccc2)NC1=O. The number of benzene rings is 2. The third kappa shape index (κ3) is 4.96. The molecule has 0 unspecified atom stereocenters. The minimum atomic E-state index is -0.405. The Hall–Kier alpha value is -2.64. The monoisotopic (exact) mass is 442 g/mol. The Balaban J connectivity index is 1.83. The lowest BCUT2D eigenvalue weighted by molar-refractivity contribution is -0.115. The molecule has 7 heteroatoms. The number of hydrogen-bond acceptors (Lipinski definition) is 4. The van der Waals surface area contributed by atoms with E-state index in [1.165, 1.54) is 0 Å². The number of nitrogens with one attached hydrogen (secondary N) is 1. The number of ether oxygens (including phenoxy) is 1. The topological polar surface area (TPSA) is 67.8 Å². The highest BCUT2D eigenvalue weighted by Crippen LogP contribution is 2.31. The Labute approximate surface area is 169 Å². The van der Waals surface area contributed by atoms with Crippen LogP contribution in [0.4, 0.5) is 0 Å². The van der Waals surface area contributed by atoms with Gasteiger partial charge in [-0.1, -0.05) is 46.8 Å². The van der Waals surface area contributed by atoms with Crippen molar-refractivity contribution in [1.82, 2.24) is 5.32 Å². The van der Waals surface area contributed by atoms with E-state index in [1.54, 1.807) is 36.4 Å². The molecule has 1 saturated heterocycles. The molecule has 0 saturated carbocycles. The second kappa shape index (κ2) is 8.83. The Morgan fingerprint density at radius 1 is 1.26 bits per heavy atom. The summed E-state index contributed by atoms with van der Waals surface area (Å²) in [4.78, 5) is 28.9. The van der Waals surface area contributed by atoms with Crippen LogP contribution in [0.5, 0.6) is 5.75 Å². The van der Waals surface area contributed by atoms with E-state index in [-0.39, 0.29) is 11.1 Å². The molecular weight excluding hydrogens is 428 g/mol. The van der Waals surface area contributed by atoms with Gasteiger partial charge >= 0.3 is 0 Å². The number of amides is 2. The predicted octanol–water partition coefficient (Wildman–Crippen LogP) is 4.41. The molecule has 1 N–H and O–H groups in total. The summed E-state index contributed by atoms with van der Waals surface area (Å²) in [5, 5.41) is 2.87. The lowest BCUT2D eigenvalue weighted by Crippen LogP contribution is -2.20. The van der Waals surface area contributed by atoms with Gasteiger partial charge in [-0.3, -0.25) is 9.59 Å². The van der Waals surface area contributed by atoms with Gasteiger partial charge in [0.1, 0.15) is 12.4 Å². The molecule has 1 aliphatic heterocycles. The second-order valence-electron chi connectivity index (χ2n) is 5.43. The van der Waals surface area contributed by atoms with Crippen LogP contribution in [0.1, 0.15) is 15.9 Å². The van der Waals surface area contributed by atoms with Gasteiger partial charge in [0.25, 0.3) is 11.8 Å². The molecule has 2 amide bonds. The van der Waals surface area contributed by atoms with E-state index in [0.717, 1.165) is 21.8 Å². The lowest BCUT2D eigenvalue weighted by atomic mass is 10.2. The molecule has 1 fully saturated rings. The van der Waals surface area contributed by atoms with Crippen molar-refractivity contribution in [3.63, 3.8) is 0 Å². The number of thioether (sulfide) groups is 1. The van der Waals surface area contributed by atoms with Crippen molar-refractivity contribution in [3.8, 4) is 5.75 Å². The van der Waals surface area contributed by atoms with Gasteiger partial charge in [0, 0.05) is 15.6 Å². The van der Waals surface area contributed by atoms with Gasteiger partial charge in [0.2, 0.25) is 0 Å². The smallest absolute Gasteiger partial charge is 0.279 e. The summed E-state index contributed by atoms with van der Waals surface area (Å²) >= 11 is 4.53. The van der Waals surface area contributed by atoms with E-state index >= 15 is 0 Å². The van der Waals surface area contributed by atoms with Gasteiger partial charge in [-0.25, -0.2) is 0 Å². The van der Waals surface area contributed by atoms with Crippen molar-refractivity contribution in [2.45, 2.75) is 0 Å². The molecule has 27 heavy (non-hydrogen) atoms. The van der Waals surface area contributed by atoms with Crippen molar-refractivity contribution in [2.75, 3.05) is 6.61 Å². The fourth-order valence-corrected chi connectivity index (χ4v) is 3.46. The number of amidine groups is 1. The zero-order valence-corrected chi connectivity index (χ0v) is 16.5. The van der Waals surface area contributed by atoms with E-state index in [1.807, 2.05) is 24.3 Å². The van der Waals surface area contributed by atoms with Gasteiger partial charge in [0.05, 0.1) is 4.91 Å². The quantitative estimate of drug-likeness (QED) is 0.549. The number of carbonyl (C=O) groups excluding carboxylic acids is 2. The number of hydrogen-bond donors (Lipinski definition) is 1. The van der Waals surface area contributed by atoms with Gasteiger partial charge < -0.3 is 10.1 Å². The first-order valence-corrected chi connectivity index (χ1v) is 9.60. The van der Waals surface area contributed by atoms with Crippen LogP contribution >= 0.6 is 27.7 Å². The van der Waals surface area contributed by atoms with Crippen LogP contribution in [0.25, 0.3) is 6.08 Å². The van der Waals surface area contributed by atoms with Gasteiger partial charge in [-0.05, 0) is 48.2 Å². The molecule has 0 bridgehead atoms. The number of halogens is 1. The van der Waals surface area contributed by atoms with E-state index in [4.69, 9.17) is 4.74 Å². The summed E-state index contributed by atoms with van der Waals surface area (Å²) < 4.78 is 6.49. The lowest BCUT2D eigenvalue weighted by Gasteiger charge is -2.08. The Bertz CT molecular complexity index is 955. The summed E-state index contributed by atoms with van der Waals surface area (Å²) in [6, 6.07) is 14.2. The highest BCUT2D eigenvalue weighted by molar-refractivity contribution is 9.10. The number of rotatable bonds is 5. The maximum atomic E-state index is 12.3. The van der Waals surface area contributed by atoms with Crippen LogP contribution in [-0.4, -0.2) is 23.6 Å². The zero-order valence-electron chi connectivity index (χ0n) is 14.1. The Kier molecular flexibility index (Phi) is 6.26. The van der Waals surface area contributed by atoms with Crippen LogP contribution < -0.4 is 10.1 Å². The number of carbonyl (C=O) groups is 2. The van der Waals surface area contributed by atoms with E-state index in [2.05, 4.69) is 32.8 Å². The normalized spacial score (nSPS) is 16.4. The van der Waals surface area contributed by atoms with Crippen LogP contribution in [0.3, 0.4) is 0 Å². The fourth-order valence-electron chi connectivity index (χ4n) is 2.27. The predicted molar refractivity (Wildman–Crippen MR) is 112 cm³/mol. The first-order chi connectivity index (χ1) is 13.1. The molecule has 0 radical (unpaired) electrons.